The lowest BCUT2D eigenvalue weighted by atomic mass is 9.83. The van der Waals surface area contributed by atoms with Crippen molar-refractivity contribution in [3.05, 3.63) is 69.7 Å². The van der Waals surface area contributed by atoms with Gasteiger partial charge in [0.2, 0.25) is 15.9 Å². The summed E-state index contributed by atoms with van der Waals surface area (Å²) in [7, 11) is -2.20. The Morgan fingerprint density at radius 2 is 1.83 bits per heavy atom. The molecule has 36 heavy (non-hydrogen) atoms. The van der Waals surface area contributed by atoms with Crippen LogP contribution in [-0.4, -0.2) is 43.7 Å². The normalized spacial score (nSPS) is 11.7. The van der Waals surface area contributed by atoms with Gasteiger partial charge in [0.05, 0.1) is 24.0 Å². The van der Waals surface area contributed by atoms with Gasteiger partial charge < -0.3 is 10.1 Å². The molecular weight excluding hydrogens is 523 g/mol. The van der Waals surface area contributed by atoms with E-state index in [1.165, 1.54) is 14.0 Å². The SMILES string of the molecule is CCS(=O)(=O)NC(=O)C(C)(C)c1cccc(-c2cc(NCCc3ccc(Cl)cc3Cl)nc(OC)n2)c1. The average Bonchev–Trinajstić information content (AvgIpc) is 2.85. The molecule has 3 aromatic rings. The molecule has 0 saturated carbocycles. The van der Waals surface area contributed by atoms with Crippen LogP contribution in [0.1, 0.15) is 31.9 Å². The summed E-state index contributed by atoms with van der Waals surface area (Å²) in [5, 5.41) is 4.44. The molecule has 11 heteroatoms. The summed E-state index contributed by atoms with van der Waals surface area (Å²) < 4.78 is 31.2. The van der Waals surface area contributed by atoms with Gasteiger partial charge in [-0.1, -0.05) is 47.5 Å². The van der Waals surface area contributed by atoms with Crippen molar-refractivity contribution in [2.45, 2.75) is 32.6 Å². The van der Waals surface area contributed by atoms with Gasteiger partial charge in [-0.05, 0) is 56.5 Å². The highest BCUT2D eigenvalue weighted by atomic mass is 35.5. The highest BCUT2D eigenvalue weighted by Gasteiger charge is 2.32. The Kier molecular flexibility index (Phi) is 8.81. The maximum Gasteiger partial charge on any atom is 0.318 e. The number of halogens is 2. The van der Waals surface area contributed by atoms with Crippen LogP contribution in [0.5, 0.6) is 6.01 Å². The van der Waals surface area contributed by atoms with Crippen LogP contribution in [0, 0.1) is 0 Å². The molecule has 1 heterocycles. The summed E-state index contributed by atoms with van der Waals surface area (Å²) in [4.78, 5) is 21.6. The van der Waals surface area contributed by atoms with E-state index in [4.69, 9.17) is 27.9 Å². The second kappa shape index (κ2) is 11.5. The lowest BCUT2D eigenvalue weighted by molar-refractivity contribution is -0.123. The lowest BCUT2D eigenvalue weighted by Gasteiger charge is -2.24. The van der Waals surface area contributed by atoms with E-state index in [1.54, 1.807) is 50.2 Å². The van der Waals surface area contributed by atoms with E-state index in [0.717, 1.165) is 11.1 Å². The molecule has 0 bridgehead atoms. The number of benzene rings is 2. The third-order valence-corrected chi connectivity index (χ3v) is 7.52. The van der Waals surface area contributed by atoms with E-state index in [1.807, 2.05) is 12.1 Å². The smallest absolute Gasteiger partial charge is 0.318 e. The largest absolute Gasteiger partial charge is 0.467 e. The zero-order chi connectivity index (χ0) is 26.5. The van der Waals surface area contributed by atoms with Gasteiger partial charge in [-0.15, -0.1) is 0 Å². The molecule has 2 N–H and O–H groups in total. The highest BCUT2D eigenvalue weighted by molar-refractivity contribution is 7.90. The number of nitrogens with one attached hydrogen (secondary N) is 2. The van der Waals surface area contributed by atoms with E-state index >= 15 is 0 Å². The Balaban J connectivity index is 1.84. The Morgan fingerprint density at radius 3 is 2.50 bits per heavy atom. The van der Waals surface area contributed by atoms with Gasteiger partial charge in [0.1, 0.15) is 5.82 Å². The van der Waals surface area contributed by atoms with Crippen molar-refractivity contribution in [2.75, 3.05) is 24.7 Å². The molecule has 192 valence electrons. The van der Waals surface area contributed by atoms with E-state index in [2.05, 4.69) is 20.0 Å². The molecule has 0 spiro atoms. The summed E-state index contributed by atoms with van der Waals surface area (Å²) in [6, 6.07) is 14.5. The number of hydrogen-bond donors (Lipinski definition) is 2. The fraction of sp³-hybridized carbons (Fsp3) is 0.320. The summed E-state index contributed by atoms with van der Waals surface area (Å²) in [5.74, 6) is -0.237. The van der Waals surface area contributed by atoms with E-state index in [9.17, 15) is 13.2 Å². The number of nitrogens with zero attached hydrogens (tertiary/aromatic N) is 2. The predicted molar refractivity (Wildman–Crippen MR) is 143 cm³/mol. The molecule has 0 aliphatic heterocycles. The minimum absolute atomic E-state index is 0.177. The minimum atomic E-state index is -3.68. The third kappa shape index (κ3) is 6.87. The van der Waals surface area contributed by atoms with Crippen molar-refractivity contribution in [1.29, 1.82) is 0 Å². The Morgan fingerprint density at radius 1 is 1.08 bits per heavy atom. The van der Waals surface area contributed by atoms with Crippen LogP contribution in [0.4, 0.5) is 5.82 Å². The van der Waals surface area contributed by atoms with Crippen molar-refractivity contribution in [2.24, 2.45) is 0 Å². The number of amides is 1. The summed E-state index contributed by atoms with van der Waals surface area (Å²) in [5.41, 5.74) is 1.78. The molecule has 1 aromatic heterocycles. The molecule has 0 saturated heterocycles. The number of methoxy groups -OCH3 is 1. The highest BCUT2D eigenvalue weighted by Crippen LogP contribution is 2.29. The van der Waals surface area contributed by atoms with Crippen molar-refractivity contribution >= 4 is 45.0 Å². The zero-order valence-electron chi connectivity index (χ0n) is 20.4. The standard InChI is InChI=1S/C25H28Cl2N4O4S/c1-5-36(33,34)31-23(32)25(2,3)18-8-6-7-17(13-18)21-15-22(30-24(29-21)35-4)28-12-11-16-9-10-19(26)14-20(16)27/h6-10,13-15H,5,11-12H2,1-4H3,(H,31,32)(H,28,29,30). The average molecular weight is 551 g/mol. The Hall–Kier alpha value is -2.88. The number of sulfonamides is 1. The fourth-order valence-electron chi connectivity index (χ4n) is 3.34. The summed E-state index contributed by atoms with van der Waals surface area (Å²) in [6.45, 7) is 5.37. The second-order valence-electron chi connectivity index (χ2n) is 8.58. The van der Waals surface area contributed by atoms with Gasteiger partial charge in [-0.3, -0.25) is 9.52 Å². The molecule has 0 aliphatic carbocycles. The molecule has 1 amide bonds. The van der Waals surface area contributed by atoms with Gasteiger partial charge in [0.15, 0.2) is 0 Å². The van der Waals surface area contributed by atoms with Crippen molar-refractivity contribution in [1.82, 2.24) is 14.7 Å². The lowest BCUT2D eigenvalue weighted by Crippen LogP contribution is -2.43. The number of rotatable bonds is 10. The molecular formula is C25H28Cl2N4O4S. The fourth-order valence-corrected chi connectivity index (χ4v) is 4.53. The monoisotopic (exact) mass is 550 g/mol. The van der Waals surface area contributed by atoms with Gasteiger partial charge in [-0.2, -0.15) is 9.97 Å². The summed E-state index contributed by atoms with van der Waals surface area (Å²) in [6.07, 6.45) is 0.650. The predicted octanol–water partition coefficient (Wildman–Crippen LogP) is 4.86. The number of anilines is 1. The first kappa shape index (κ1) is 27.7. The van der Waals surface area contributed by atoms with E-state index in [0.29, 0.717) is 40.1 Å². The number of hydrogen-bond acceptors (Lipinski definition) is 7. The summed E-state index contributed by atoms with van der Waals surface area (Å²) >= 11 is 12.2. The van der Waals surface area contributed by atoms with Crippen LogP contribution in [0.25, 0.3) is 11.3 Å². The van der Waals surface area contributed by atoms with Gasteiger partial charge in [-0.25, -0.2) is 8.42 Å². The topological polar surface area (TPSA) is 110 Å². The van der Waals surface area contributed by atoms with Crippen molar-refractivity contribution < 1.29 is 17.9 Å². The molecule has 0 fully saturated rings. The van der Waals surface area contributed by atoms with Crippen LogP contribution in [0.3, 0.4) is 0 Å². The van der Waals surface area contributed by atoms with Crippen LogP contribution in [-0.2, 0) is 26.7 Å². The first-order valence-corrected chi connectivity index (χ1v) is 13.6. The van der Waals surface area contributed by atoms with E-state index in [-0.39, 0.29) is 11.8 Å². The second-order valence-corrected chi connectivity index (χ2v) is 11.4. The number of carbonyl (C=O) groups excluding carboxylic acids is 1. The quantitative estimate of drug-likeness (QED) is 0.371. The Labute approximate surface area is 221 Å². The first-order valence-electron chi connectivity index (χ1n) is 11.2. The Bertz CT molecular complexity index is 1360. The molecule has 0 unspecified atom stereocenters. The zero-order valence-corrected chi connectivity index (χ0v) is 22.8. The maximum absolute atomic E-state index is 12.8. The van der Waals surface area contributed by atoms with Gasteiger partial charge in [0, 0.05) is 28.2 Å². The molecule has 0 radical (unpaired) electrons. The molecule has 2 aromatic carbocycles. The van der Waals surface area contributed by atoms with Crippen molar-refractivity contribution in [3.8, 4) is 17.3 Å². The molecule has 0 aliphatic rings. The number of ether oxygens (including phenoxy) is 1. The maximum atomic E-state index is 12.8. The molecule has 0 atom stereocenters. The third-order valence-electron chi connectivity index (χ3n) is 5.68. The number of carbonyl (C=O) groups is 1. The number of aromatic nitrogens is 2. The van der Waals surface area contributed by atoms with Crippen LogP contribution in [0.2, 0.25) is 10.0 Å². The van der Waals surface area contributed by atoms with Crippen LogP contribution >= 0.6 is 23.2 Å². The molecule has 3 rings (SSSR count). The van der Waals surface area contributed by atoms with Gasteiger partial charge in [0.25, 0.3) is 0 Å². The van der Waals surface area contributed by atoms with Gasteiger partial charge >= 0.3 is 6.01 Å². The van der Waals surface area contributed by atoms with E-state index < -0.39 is 21.3 Å². The van der Waals surface area contributed by atoms with Crippen LogP contribution < -0.4 is 14.8 Å². The minimum Gasteiger partial charge on any atom is -0.467 e. The van der Waals surface area contributed by atoms with Crippen molar-refractivity contribution in [3.63, 3.8) is 0 Å². The van der Waals surface area contributed by atoms with Crippen LogP contribution in [0.15, 0.2) is 48.5 Å². The molecule has 8 nitrogen and oxygen atoms in total. The first-order chi connectivity index (χ1) is 16.9.